The van der Waals surface area contributed by atoms with E-state index in [9.17, 15) is 4.79 Å². The third kappa shape index (κ3) is 1.39. The van der Waals surface area contributed by atoms with Crippen molar-refractivity contribution >= 4 is 5.78 Å². The van der Waals surface area contributed by atoms with E-state index in [1.54, 1.807) is 14.1 Å². The number of aromatic nitrogens is 6. The predicted molar refractivity (Wildman–Crippen MR) is 45.4 cm³/mol. The second kappa shape index (κ2) is 3.02. The van der Waals surface area contributed by atoms with Gasteiger partial charge < -0.3 is 0 Å². The molecule has 0 spiro atoms. The fourth-order valence-electron chi connectivity index (χ4n) is 1.03. The van der Waals surface area contributed by atoms with Crippen molar-refractivity contribution in [3.63, 3.8) is 0 Å². The van der Waals surface area contributed by atoms with Crippen LogP contribution in [-0.4, -0.2) is 35.8 Å². The molecule has 0 amide bonds. The molecule has 14 heavy (non-hydrogen) atoms. The second-order valence-corrected chi connectivity index (χ2v) is 2.88. The zero-order valence-corrected chi connectivity index (χ0v) is 7.75. The van der Waals surface area contributed by atoms with Gasteiger partial charge in [0.1, 0.15) is 0 Å². The van der Waals surface area contributed by atoms with E-state index >= 15 is 0 Å². The highest BCUT2D eigenvalue weighted by Gasteiger charge is 2.15. The molecule has 72 valence electrons. The molecule has 0 aliphatic carbocycles. The topological polar surface area (TPSA) is 78.5 Å². The molecule has 0 fully saturated rings. The van der Waals surface area contributed by atoms with Gasteiger partial charge in [-0.1, -0.05) is 10.4 Å². The Morgan fingerprint density at radius 1 is 1.07 bits per heavy atom. The van der Waals surface area contributed by atoms with Gasteiger partial charge in [-0.15, -0.1) is 10.2 Å². The van der Waals surface area contributed by atoms with Crippen molar-refractivity contribution < 1.29 is 4.79 Å². The van der Waals surface area contributed by atoms with Crippen molar-refractivity contribution in [1.29, 1.82) is 0 Å². The van der Waals surface area contributed by atoms with Gasteiger partial charge in [0.15, 0.2) is 11.4 Å². The number of rotatable bonds is 2. The third-order valence-corrected chi connectivity index (χ3v) is 1.67. The van der Waals surface area contributed by atoms with Gasteiger partial charge in [0.25, 0.3) is 0 Å². The van der Waals surface area contributed by atoms with Crippen LogP contribution >= 0.6 is 0 Å². The summed E-state index contributed by atoms with van der Waals surface area (Å²) >= 11 is 0. The predicted octanol–water partition coefficient (Wildman–Crippen LogP) is -0.825. The summed E-state index contributed by atoms with van der Waals surface area (Å²) in [6.07, 6.45) is 3.08. The summed E-state index contributed by atoms with van der Waals surface area (Å²) in [6, 6.07) is 0. The summed E-state index contributed by atoms with van der Waals surface area (Å²) in [4.78, 5) is 11.6. The Balaban J connectivity index is 2.33. The molecule has 0 atom stereocenters. The van der Waals surface area contributed by atoms with Crippen LogP contribution in [0.4, 0.5) is 0 Å². The van der Waals surface area contributed by atoms with Gasteiger partial charge in [0, 0.05) is 14.1 Å². The van der Waals surface area contributed by atoms with Crippen LogP contribution in [0.25, 0.3) is 0 Å². The summed E-state index contributed by atoms with van der Waals surface area (Å²) in [6.45, 7) is 0. The number of aryl methyl sites for hydroxylation is 2. The zero-order valence-electron chi connectivity index (χ0n) is 7.75. The molecule has 7 nitrogen and oxygen atoms in total. The van der Waals surface area contributed by atoms with Gasteiger partial charge in [-0.25, -0.2) is 0 Å². The van der Waals surface area contributed by atoms with Gasteiger partial charge in [-0.3, -0.25) is 14.2 Å². The smallest absolute Gasteiger partial charge is 0.236 e. The minimum atomic E-state index is -0.272. The highest BCUT2D eigenvalue weighted by molar-refractivity contribution is 6.05. The largest absolute Gasteiger partial charge is 0.285 e. The molecule has 2 rings (SSSR count). The van der Waals surface area contributed by atoms with E-state index < -0.39 is 0 Å². The first kappa shape index (κ1) is 8.54. The minimum absolute atomic E-state index is 0.271. The van der Waals surface area contributed by atoms with E-state index in [0.29, 0.717) is 0 Å². The van der Waals surface area contributed by atoms with Gasteiger partial charge in [-0.2, -0.15) is 0 Å². The van der Waals surface area contributed by atoms with Crippen molar-refractivity contribution in [3.8, 4) is 0 Å². The maximum atomic E-state index is 11.6. The lowest BCUT2D eigenvalue weighted by molar-refractivity contribution is 0.102. The Morgan fingerprint density at radius 3 is 1.79 bits per heavy atom. The average Bonchev–Trinajstić information content (AvgIpc) is 2.73. The fraction of sp³-hybridized carbons (Fsp3) is 0.286. The van der Waals surface area contributed by atoms with Crippen molar-refractivity contribution in [2.75, 3.05) is 0 Å². The number of hydrogen-bond donors (Lipinski definition) is 0. The maximum Gasteiger partial charge on any atom is 0.236 e. The van der Waals surface area contributed by atoms with Crippen LogP contribution in [0.3, 0.4) is 0 Å². The van der Waals surface area contributed by atoms with Crippen LogP contribution in [0, 0.1) is 0 Å². The molecule has 2 heterocycles. The van der Waals surface area contributed by atoms with Crippen molar-refractivity contribution in [2.24, 2.45) is 14.1 Å². The molecule has 7 heteroatoms. The van der Waals surface area contributed by atoms with Crippen LogP contribution in [-0.2, 0) is 14.1 Å². The van der Waals surface area contributed by atoms with Crippen molar-refractivity contribution in [1.82, 2.24) is 30.0 Å². The standard InChI is InChI=1S/C7H8N6O/c1-12-3-5(8-10-12)7(14)6-4-13(2)11-9-6/h3-4H,1-2H3. The maximum absolute atomic E-state index is 11.6. The number of nitrogens with zero attached hydrogens (tertiary/aromatic N) is 6. The van der Waals surface area contributed by atoms with Crippen LogP contribution in [0.15, 0.2) is 12.4 Å². The Kier molecular flexibility index (Phi) is 1.84. The first-order valence-electron chi connectivity index (χ1n) is 3.94. The summed E-state index contributed by atoms with van der Waals surface area (Å²) in [5.41, 5.74) is 0.543. The van der Waals surface area contributed by atoms with Crippen LogP contribution in [0.5, 0.6) is 0 Å². The van der Waals surface area contributed by atoms with Gasteiger partial charge in [-0.05, 0) is 0 Å². The normalized spacial score (nSPS) is 10.4. The van der Waals surface area contributed by atoms with Crippen LogP contribution < -0.4 is 0 Å². The Morgan fingerprint density at radius 2 is 1.50 bits per heavy atom. The molecule has 0 saturated heterocycles. The first-order chi connectivity index (χ1) is 6.66. The molecule has 0 saturated carbocycles. The Bertz CT molecular complexity index is 428. The average molecular weight is 192 g/mol. The summed E-state index contributed by atoms with van der Waals surface area (Å²) in [5, 5.41) is 14.7. The molecule has 2 aromatic rings. The first-order valence-corrected chi connectivity index (χ1v) is 3.94. The SMILES string of the molecule is Cn1cc(C(=O)c2cn(C)nn2)nn1. The van der Waals surface area contributed by atoms with Crippen molar-refractivity contribution in [2.45, 2.75) is 0 Å². The molecule has 0 radical (unpaired) electrons. The monoisotopic (exact) mass is 192 g/mol. The lowest BCUT2D eigenvalue weighted by Crippen LogP contribution is -2.02. The summed E-state index contributed by atoms with van der Waals surface area (Å²) < 4.78 is 2.92. The summed E-state index contributed by atoms with van der Waals surface area (Å²) in [5.74, 6) is -0.272. The van der Waals surface area contributed by atoms with E-state index in [1.165, 1.54) is 21.8 Å². The molecule has 0 aliphatic rings. The Hall–Kier alpha value is -2.05. The van der Waals surface area contributed by atoms with Crippen molar-refractivity contribution in [3.05, 3.63) is 23.8 Å². The number of ketones is 1. The van der Waals surface area contributed by atoms with E-state index in [1.807, 2.05) is 0 Å². The minimum Gasteiger partial charge on any atom is -0.285 e. The second-order valence-electron chi connectivity index (χ2n) is 2.88. The lowest BCUT2D eigenvalue weighted by atomic mass is 10.2. The summed E-state index contributed by atoms with van der Waals surface area (Å²) in [7, 11) is 3.39. The Labute approximate surface area is 79.3 Å². The highest BCUT2D eigenvalue weighted by atomic mass is 16.1. The van der Waals surface area contributed by atoms with Crippen LogP contribution in [0.1, 0.15) is 16.2 Å². The van der Waals surface area contributed by atoms with E-state index in [0.717, 1.165) is 0 Å². The van der Waals surface area contributed by atoms with Crippen LogP contribution in [0.2, 0.25) is 0 Å². The van der Waals surface area contributed by atoms with Gasteiger partial charge in [0.2, 0.25) is 5.78 Å². The molecule has 0 bridgehead atoms. The van der Waals surface area contributed by atoms with E-state index in [-0.39, 0.29) is 17.2 Å². The fourth-order valence-corrected chi connectivity index (χ4v) is 1.03. The number of carbonyl (C=O) groups excluding carboxylic acids is 1. The van der Waals surface area contributed by atoms with E-state index in [4.69, 9.17) is 0 Å². The van der Waals surface area contributed by atoms with Gasteiger partial charge >= 0.3 is 0 Å². The number of carbonyl (C=O) groups is 1. The molecule has 2 aromatic heterocycles. The van der Waals surface area contributed by atoms with Gasteiger partial charge in [0.05, 0.1) is 12.4 Å². The quantitative estimate of drug-likeness (QED) is 0.580. The van der Waals surface area contributed by atoms with E-state index in [2.05, 4.69) is 20.6 Å². The number of hydrogen-bond acceptors (Lipinski definition) is 5. The lowest BCUT2D eigenvalue weighted by Gasteiger charge is -1.86. The molecular formula is C7H8N6O. The molecular weight excluding hydrogens is 184 g/mol. The molecule has 0 aromatic carbocycles. The third-order valence-electron chi connectivity index (χ3n) is 1.67. The molecule has 0 unspecified atom stereocenters. The zero-order chi connectivity index (χ0) is 10.1. The highest BCUT2D eigenvalue weighted by Crippen LogP contribution is 2.01. The molecule has 0 aliphatic heterocycles. The molecule has 0 N–H and O–H groups in total.